The molecule has 0 aliphatic carbocycles. The first-order chi connectivity index (χ1) is 14.0. The molecule has 1 fully saturated rings. The number of rotatable bonds is 4. The maximum absolute atomic E-state index is 12.9. The zero-order valence-corrected chi connectivity index (χ0v) is 17.4. The van der Waals surface area contributed by atoms with Crippen LogP contribution in [0, 0.1) is 6.92 Å². The summed E-state index contributed by atoms with van der Waals surface area (Å²) in [6, 6.07) is 10.7. The molecular weight excluding hydrogens is 411 g/mol. The summed E-state index contributed by atoms with van der Waals surface area (Å²) in [4.78, 5) is 18.8. The molecule has 3 aromatic rings. The number of pyridine rings is 1. The van der Waals surface area contributed by atoms with E-state index >= 15 is 0 Å². The smallest absolute Gasteiger partial charge is 0.314 e. The second-order valence-corrected chi connectivity index (χ2v) is 7.83. The third-order valence-corrected chi connectivity index (χ3v) is 5.47. The van der Waals surface area contributed by atoms with Gasteiger partial charge < -0.3 is 9.47 Å². The number of nitrogens with zero attached hydrogens (tertiary/aromatic N) is 5. The van der Waals surface area contributed by atoms with Gasteiger partial charge >= 0.3 is 6.03 Å². The first kappa shape index (κ1) is 19.7. The Morgan fingerprint density at radius 1 is 1.14 bits per heavy atom. The Kier molecular flexibility index (Phi) is 5.69. The van der Waals surface area contributed by atoms with Crippen LogP contribution < -0.4 is 5.32 Å². The third-order valence-electron chi connectivity index (χ3n) is 4.99. The molecule has 3 heterocycles. The number of halogens is 2. The zero-order chi connectivity index (χ0) is 20.4. The summed E-state index contributed by atoms with van der Waals surface area (Å²) in [6.45, 7) is 3.19. The Balaban J connectivity index is 1.55. The summed E-state index contributed by atoms with van der Waals surface area (Å²) in [7, 11) is 0. The van der Waals surface area contributed by atoms with Crippen LogP contribution in [0.15, 0.2) is 42.6 Å². The largest absolute Gasteiger partial charge is 0.323 e. The van der Waals surface area contributed by atoms with Gasteiger partial charge in [-0.25, -0.2) is 9.78 Å². The van der Waals surface area contributed by atoms with Crippen molar-refractivity contribution in [3.8, 4) is 0 Å². The van der Waals surface area contributed by atoms with Crippen molar-refractivity contribution >= 4 is 35.1 Å². The average molecular weight is 431 g/mol. The van der Waals surface area contributed by atoms with Crippen LogP contribution in [0.25, 0.3) is 0 Å². The minimum absolute atomic E-state index is 0.143. The molecule has 0 bridgehead atoms. The van der Waals surface area contributed by atoms with Gasteiger partial charge in [0.15, 0.2) is 5.82 Å². The highest BCUT2D eigenvalue weighted by Crippen LogP contribution is 2.32. The van der Waals surface area contributed by atoms with Crippen molar-refractivity contribution in [2.75, 3.05) is 11.9 Å². The molecular formula is C20H20Cl2N6O. The Labute approximate surface area is 178 Å². The van der Waals surface area contributed by atoms with Crippen molar-refractivity contribution in [3.63, 3.8) is 0 Å². The fourth-order valence-corrected chi connectivity index (χ4v) is 3.76. The van der Waals surface area contributed by atoms with Crippen molar-refractivity contribution < 1.29 is 4.79 Å². The van der Waals surface area contributed by atoms with Gasteiger partial charge in [0.05, 0.1) is 17.6 Å². The molecule has 0 radical (unpaired) electrons. The van der Waals surface area contributed by atoms with Gasteiger partial charge in [-0.2, -0.15) is 0 Å². The Bertz CT molecular complexity index is 1000. The number of aromatic nitrogens is 4. The molecule has 1 aliphatic heterocycles. The number of nitrogens with one attached hydrogen (secondary N) is 1. The molecule has 4 rings (SSSR count). The van der Waals surface area contributed by atoms with Crippen molar-refractivity contribution in [1.29, 1.82) is 0 Å². The maximum atomic E-state index is 12.9. The molecule has 1 atom stereocenters. The molecule has 0 saturated carbocycles. The van der Waals surface area contributed by atoms with E-state index in [0.29, 0.717) is 29.0 Å². The predicted molar refractivity (Wildman–Crippen MR) is 112 cm³/mol. The van der Waals surface area contributed by atoms with Crippen LogP contribution in [-0.4, -0.2) is 37.2 Å². The number of carbonyl (C=O) groups excluding carboxylic acids is 1. The number of aryl methyl sites for hydroxylation is 1. The predicted octanol–water partition coefficient (Wildman–Crippen LogP) is 4.71. The SMILES string of the molecule is Cc1nnc([C@H]2CCCN2C(=O)Nc2ccc(Cl)cn2)n1Cc1ccc(Cl)cc1. The highest BCUT2D eigenvalue weighted by atomic mass is 35.5. The number of carbonyl (C=O) groups is 1. The first-order valence-corrected chi connectivity index (χ1v) is 10.1. The molecule has 1 saturated heterocycles. The zero-order valence-electron chi connectivity index (χ0n) is 15.8. The van der Waals surface area contributed by atoms with E-state index in [1.807, 2.05) is 31.2 Å². The van der Waals surface area contributed by atoms with Gasteiger partial charge in [0, 0.05) is 17.8 Å². The van der Waals surface area contributed by atoms with Crippen LogP contribution in [0.5, 0.6) is 0 Å². The van der Waals surface area contributed by atoms with Crippen molar-refractivity contribution in [3.05, 3.63) is 69.9 Å². The molecule has 0 spiro atoms. The van der Waals surface area contributed by atoms with E-state index in [4.69, 9.17) is 23.2 Å². The number of anilines is 1. The lowest BCUT2D eigenvalue weighted by Crippen LogP contribution is -2.35. The molecule has 2 aromatic heterocycles. The number of amides is 2. The molecule has 7 nitrogen and oxygen atoms in total. The summed E-state index contributed by atoms with van der Waals surface area (Å²) < 4.78 is 2.06. The summed E-state index contributed by atoms with van der Waals surface area (Å²) in [6.07, 6.45) is 3.24. The average Bonchev–Trinajstić information content (AvgIpc) is 3.33. The van der Waals surface area contributed by atoms with Crippen LogP contribution >= 0.6 is 23.2 Å². The van der Waals surface area contributed by atoms with Gasteiger partial charge in [0.25, 0.3) is 0 Å². The number of likely N-dealkylation sites (tertiary alicyclic amines) is 1. The lowest BCUT2D eigenvalue weighted by atomic mass is 10.2. The van der Waals surface area contributed by atoms with E-state index in [1.54, 1.807) is 17.0 Å². The normalized spacial score (nSPS) is 16.2. The number of benzene rings is 1. The molecule has 2 amide bonds. The fraction of sp³-hybridized carbons (Fsp3) is 0.300. The Hall–Kier alpha value is -2.64. The molecule has 150 valence electrons. The molecule has 29 heavy (non-hydrogen) atoms. The van der Waals surface area contributed by atoms with Gasteiger partial charge in [0.1, 0.15) is 11.6 Å². The standard InChI is InChI=1S/C20H20Cl2N6O/c1-13-25-26-19(28(13)12-14-4-6-15(21)7-5-14)17-3-2-10-27(17)20(29)24-18-9-8-16(22)11-23-18/h4-9,11,17H,2-3,10,12H2,1H3,(H,23,24,29)/t17-/m1/s1. The molecule has 1 aromatic carbocycles. The van der Waals surface area contributed by atoms with Gasteiger partial charge in [-0.3, -0.25) is 5.32 Å². The van der Waals surface area contributed by atoms with Crippen LogP contribution in [0.4, 0.5) is 10.6 Å². The number of hydrogen-bond acceptors (Lipinski definition) is 4. The van der Waals surface area contributed by atoms with Gasteiger partial charge in [-0.15, -0.1) is 10.2 Å². The van der Waals surface area contributed by atoms with E-state index in [2.05, 4.69) is 25.1 Å². The monoisotopic (exact) mass is 430 g/mol. The van der Waals surface area contributed by atoms with E-state index in [0.717, 1.165) is 30.1 Å². The van der Waals surface area contributed by atoms with Crippen molar-refractivity contribution in [2.24, 2.45) is 0 Å². The Morgan fingerprint density at radius 2 is 1.90 bits per heavy atom. The van der Waals surface area contributed by atoms with Gasteiger partial charge in [0.2, 0.25) is 0 Å². The van der Waals surface area contributed by atoms with Crippen molar-refractivity contribution in [1.82, 2.24) is 24.6 Å². The molecule has 0 unspecified atom stereocenters. The van der Waals surface area contributed by atoms with Crippen molar-refractivity contribution in [2.45, 2.75) is 32.4 Å². The fourth-order valence-electron chi connectivity index (χ4n) is 3.52. The summed E-state index contributed by atoms with van der Waals surface area (Å²) in [5.41, 5.74) is 1.10. The highest BCUT2D eigenvalue weighted by molar-refractivity contribution is 6.30. The lowest BCUT2D eigenvalue weighted by Gasteiger charge is -2.25. The number of urea groups is 1. The van der Waals surface area contributed by atoms with E-state index < -0.39 is 0 Å². The van der Waals surface area contributed by atoms with Crippen LogP contribution in [0.1, 0.15) is 36.1 Å². The topological polar surface area (TPSA) is 75.9 Å². The van der Waals surface area contributed by atoms with Crippen LogP contribution in [0.3, 0.4) is 0 Å². The van der Waals surface area contributed by atoms with Crippen LogP contribution in [0.2, 0.25) is 10.0 Å². The maximum Gasteiger partial charge on any atom is 0.323 e. The quantitative estimate of drug-likeness (QED) is 0.650. The Morgan fingerprint density at radius 3 is 2.62 bits per heavy atom. The van der Waals surface area contributed by atoms with Gasteiger partial charge in [-0.05, 0) is 49.6 Å². The number of hydrogen-bond donors (Lipinski definition) is 1. The van der Waals surface area contributed by atoms with Gasteiger partial charge in [-0.1, -0.05) is 35.3 Å². The second-order valence-electron chi connectivity index (χ2n) is 6.96. The third kappa shape index (κ3) is 4.36. The van der Waals surface area contributed by atoms with E-state index in [-0.39, 0.29) is 12.1 Å². The molecule has 1 N–H and O–H groups in total. The minimum atomic E-state index is -0.207. The van der Waals surface area contributed by atoms with E-state index in [9.17, 15) is 4.79 Å². The summed E-state index contributed by atoms with van der Waals surface area (Å²) in [5.74, 6) is 2.06. The van der Waals surface area contributed by atoms with E-state index in [1.165, 1.54) is 6.20 Å². The molecule has 9 heteroatoms. The summed E-state index contributed by atoms with van der Waals surface area (Å²) >= 11 is 11.9. The first-order valence-electron chi connectivity index (χ1n) is 9.34. The summed E-state index contributed by atoms with van der Waals surface area (Å²) in [5, 5.41) is 12.7. The minimum Gasteiger partial charge on any atom is -0.314 e. The van der Waals surface area contributed by atoms with Crippen LogP contribution in [-0.2, 0) is 6.54 Å². The lowest BCUT2D eigenvalue weighted by molar-refractivity contribution is 0.203. The second kappa shape index (κ2) is 8.39. The molecule has 1 aliphatic rings. The highest BCUT2D eigenvalue weighted by Gasteiger charge is 2.34.